The molecule has 1 aliphatic heterocycles. The molecule has 1 N–H and O–H groups in total. The van der Waals surface area contributed by atoms with Gasteiger partial charge < -0.3 is 15.1 Å². The number of hydrogen-bond donors (Lipinski definition) is 1. The fourth-order valence-electron chi connectivity index (χ4n) is 2.37. The Balaban J connectivity index is 1.69. The molecule has 3 rings (SSSR count). The first-order chi connectivity index (χ1) is 10.6. The normalized spacial score (nSPS) is 15.9. The van der Waals surface area contributed by atoms with Crippen LogP contribution in [0.5, 0.6) is 0 Å². The third-order valence-electron chi connectivity index (χ3n) is 3.61. The first-order valence-electron chi connectivity index (χ1n) is 7.10. The number of likely N-dealkylation sites (N-methyl/N-ethyl adjacent to an activating group) is 1. The molecular weight excluding hydrogens is 321 g/mol. The second-order valence-electron chi connectivity index (χ2n) is 5.35. The highest BCUT2D eigenvalue weighted by molar-refractivity contribution is 6.35. The van der Waals surface area contributed by atoms with Crippen LogP contribution >= 0.6 is 23.2 Å². The van der Waals surface area contributed by atoms with E-state index >= 15 is 0 Å². The summed E-state index contributed by atoms with van der Waals surface area (Å²) in [5.74, 6) is 1.57. The Kier molecular flexibility index (Phi) is 4.66. The number of benzene rings is 1. The SMILES string of the molecule is CN1CCN(c2ccc(Nc3cc(Cl)cc(Cl)c3)nn2)CC1. The van der Waals surface area contributed by atoms with E-state index in [1.165, 1.54) is 0 Å². The average molecular weight is 338 g/mol. The molecule has 0 aliphatic carbocycles. The van der Waals surface area contributed by atoms with Crippen molar-refractivity contribution in [3.05, 3.63) is 40.4 Å². The molecule has 2 aromatic rings. The summed E-state index contributed by atoms with van der Waals surface area (Å²) in [6, 6.07) is 9.17. The first-order valence-corrected chi connectivity index (χ1v) is 7.86. The molecule has 0 bridgehead atoms. The van der Waals surface area contributed by atoms with Gasteiger partial charge in [0.25, 0.3) is 0 Å². The predicted molar refractivity (Wildman–Crippen MR) is 91.5 cm³/mol. The summed E-state index contributed by atoms with van der Waals surface area (Å²) in [5, 5.41) is 12.8. The topological polar surface area (TPSA) is 44.3 Å². The van der Waals surface area contributed by atoms with Gasteiger partial charge in [0.15, 0.2) is 11.6 Å². The van der Waals surface area contributed by atoms with E-state index in [0.29, 0.717) is 15.9 Å². The molecule has 0 saturated carbocycles. The summed E-state index contributed by atoms with van der Waals surface area (Å²) in [4.78, 5) is 4.55. The molecule has 2 heterocycles. The average Bonchev–Trinajstić information content (AvgIpc) is 2.48. The molecule has 1 aromatic carbocycles. The molecule has 1 aromatic heterocycles. The highest BCUT2D eigenvalue weighted by Gasteiger charge is 2.15. The van der Waals surface area contributed by atoms with Gasteiger partial charge in [-0.25, -0.2) is 0 Å². The van der Waals surface area contributed by atoms with E-state index in [1.54, 1.807) is 18.2 Å². The van der Waals surface area contributed by atoms with Crippen molar-refractivity contribution in [3.8, 4) is 0 Å². The number of halogens is 2. The van der Waals surface area contributed by atoms with Gasteiger partial charge in [0, 0.05) is 41.9 Å². The molecule has 5 nitrogen and oxygen atoms in total. The summed E-state index contributed by atoms with van der Waals surface area (Å²) in [5.41, 5.74) is 0.791. The molecule has 1 aliphatic rings. The van der Waals surface area contributed by atoms with Crippen LogP contribution in [0.25, 0.3) is 0 Å². The molecule has 7 heteroatoms. The lowest BCUT2D eigenvalue weighted by molar-refractivity contribution is 0.312. The summed E-state index contributed by atoms with van der Waals surface area (Å²) in [6.07, 6.45) is 0. The molecule has 0 amide bonds. The van der Waals surface area contributed by atoms with Crippen molar-refractivity contribution in [3.63, 3.8) is 0 Å². The van der Waals surface area contributed by atoms with Gasteiger partial charge >= 0.3 is 0 Å². The highest BCUT2D eigenvalue weighted by Crippen LogP contribution is 2.25. The lowest BCUT2D eigenvalue weighted by Gasteiger charge is -2.32. The molecule has 116 valence electrons. The molecule has 0 unspecified atom stereocenters. The highest BCUT2D eigenvalue weighted by atomic mass is 35.5. The van der Waals surface area contributed by atoms with E-state index in [4.69, 9.17) is 23.2 Å². The van der Waals surface area contributed by atoms with Crippen LogP contribution in [-0.2, 0) is 0 Å². The van der Waals surface area contributed by atoms with E-state index in [2.05, 4.69) is 32.4 Å². The maximum atomic E-state index is 5.98. The number of hydrogen-bond acceptors (Lipinski definition) is 5. The minimum atomic E-state index is 0.581. The van der Waals surface area contributed by atoms with Crippen LogP contribution in [0.15, 0.2) is 30.3 Å². The standard InChI is InChI=1S/C15H17Cl2N5/c1-21-4-6-22(7-5-21)15-3-2-14(19-20-15)18-13-9-11(16)8-12(17)10-13/h2-3,8-10H,4-7H2,1H3,(H,18,19). The van der Waals surface area contributed by atoms with Crippen molar-refractivity contribution < 1.29 is 0 Å². The largest absolute Gasteiger partial charge is 0.353 e. The zero-order chi connectivity index (χ0) is 15.5. The Hall–Kier alpha value is -1.56. The number of nitrogens with one attached hydrogen (secondary N) is 1. The van der Waals surface area contributed by atoms with E-state index in [0.717, 1.165) is 37.7 Å². The third kappa shape index (κ3) is 3.80. The molecule has 22 heavy (non-hydrogen) atoms. The maximum absolute atomic E-state index is 5.98. The fourth-order valence-corrected chi connectivity index (χ4v) is 2.90. The van der Waals surface area contributed by atoms with Crippen molar-refractivity contribution in [1.29, 1.82) is 0 Å². The van der Waals surface area contributed by atoms with Crippen LogP contribution < -0.4 is 10.2 Å². The molecular formula is C15H17Cl2N5. The van der Waals surface area contributed by atoms with E-state index in [9.17, 15) is 0 Å². The molecule has 0 atom stereocenters. The quantitative estimate of drug-likeness (QED) is 0.931. The van der Waals surface area contributed by atoms with Gasteiger partial charge in [-0.05, 0) is 37.4 Å². The molecule has 0 spiro atoms. The summed E-state index contributed by atoms with van der Waals surface area (Å²) in [6.45, 7) is 4.04. The summed E-state index contributed by atoms with van der Waals surface area (Å²) in [7, 11) is 2.13. The fraction of sp³-hybridized carbons (Fsp3) is 0.333. The molecule has 1 fully saturated rings. The minimum absolute atomic E-state index is 0.581. The lowest BCUT2D eigenvalue weighted by Crippen LogP contribution is -2.44. The van der Waals surface area contributed by atoms with Gasteiger partial charge in [-0.2, -0.15) is 0 Å². The number of anilines is 3. The summed E-state index contributed by atoms with van der Waals surface area (Å²) >= 11 is 12.0. The first kappa shape index (κ1) is 15.3. The number of rotatable bonds is 3. The zero-order valence-electron chi connectivity index (χ0n) is 12.3. The maximum Gasteiger partial charge on any atom is 0.153 e. The second-order valence-corrected chi connectivity index (χ2v) is 6.22. The van der Waals surface area contributed by atoms with Crippen LogP contribution in [0.3, 0.4) is 0 Å². The predicted octanol–water partition coefficient (Wildman–Crippen LogP) is 3.28. The smallest absolute Gasteiger partial charge is 0.153 e. The van der Waals surface area contributed by atoms with Crippen molar-refractivity contribution in [2.75, 3.05) is 43.4 Å². The Morgan fingerprint density at radius 2 is 1.64 bits per heavy atom. The van der Waals surface area contributed by atoms with Gasteiger partial charge in [0.05, 0.1) is 0 Å². The van der Waals surface area contributed by atoms with Crippen LogP contribution in [0.1, 0.15) is 0 Å². The van der Waals surface area contributed by atoms with Gasteiger partial charge in [0.1, 0.15) is 0 Å². The van der Waals surface area contributed by atoms with Crippen LogP contribution in [0.4, 0.5) is 17.3 Å². The van der Waals surface area contributed by atoms with Crippen molar-refractivity contribution in [2.45, 2.75) is 0 Å². The second kappa shape index (κ2) is 6.69. The van der Waals surface area contributed by atoms with Gasteiger partial charge in [0.2, 0.25) is 0 Å². The lowest BCUT2D eigenvalue weighted by atomic mass is 10.3. The third-order valence-corrected chi connectivity index (χ3v) is 4.05. The molecule has 0 radical (unpaired) electrons. The minimum Gasteiger partial charge on any atom is -0.353 e. The van der Waals surface area contributed by atoms with Gasteiger partial charge in [-0.3, -0.25) is 0 Å². The Bertz CT molecular complexity index is 619. The van der Waals surface area contributed by atoms with Crippen molar-refractivity contribution >= 4 is 40.5 Å². The van der Waals surface area contributed by atoms with Crippen molar-refractivity contribution in [1.82, 2.24) is 15.1 Å². The van der Waals surface area contributed by atoms with E-state index in [-0.39, 0.29) is 0 Å². The molecule has 1 saturated heterocycles. The van der Waals surface area contributed by atoms with Crippen LogP contribution in [0, 0.1) is 0 Å². The zero-order valence-corrected chi connectivity index (χ0v) is 13.8. The Morgan fingerprint density at radius 3 is 2.23 bits per heavy atom. The Labute approximate surface area is 139 Å². The summed E-state index contributed by atoms with van der Waals surface area (Å²) < 4.78 is 0. The van der Waals surface area contributed by atoms with E-state index in [1.807, 2.05) is 12.1 Å². The van der Waals surface area contributed by atoms with E-state index < -0.39 is 0 Å². The number of aromatic nitrogens is 2. The van der Waals surface area contributed by atoms with Crippen LogP contribution in [0.2, 0.25) is 10.0 Å². The van der Waals surface area contributed by atoms with Gasteiger partial charge in [-0.1, -0.05) is 23.2 Å². The van der Waals surface area contributed by atoms with Crippen LogP contribution in [-0.4, -0.2) is 48.3 Å². The Morgan fingerprint density at radius 1 is 0.955 bits per heavy atom. The number of piperazine rings is 1. The monoisotopic (exact) mass is 337 g/mol. The van der Waals surface area contributed by atoms with Crippen molar-refractivity contribution in [2.24, 2.45) is 0 Å². The van der Waals surface area contributed by atoms with Gasteiger partial charge in [-0.15, -0.1) is 10.2 Å². The number of nitrogens with zero attached hydrogens (tertiary/aromatic N) is 4.